The lowest BCUT2D eigenvalue weighted by molar-refractivity contribution is 0.411. The molecule has 1 N–H and O–H groups in total. The third-order valence-corrected chi connectivity index (χ3v) is 5.77. The molecule has 2 fully saturated rings. The molecule has 0 radical (unpaired) electrons. The van der Waals surface area contributed by atoms with E-state index < -0.39 is 0 Å². The van der Waals surface area contributed by atoms with Gasteiger partial charge in [-0.1, -0.05) is 5.18 Å². The standard InChI is InChI=1S/C20H24N8O/c1-27-12-14(9-23-27)16-10-21-19(25-15-2-3-15)17-11-22-20(26-18(16)17)28-6-4-13(5-7-28)8-24-29/h9-13,15H,2-8H2,1H3,(H,21,25). The van der Waals surface area contributed by atoms with Crippen molar-refractivity contribution in [3.8, 4) is 11.1 Å². The third kappa shape index (κ3) is 3.64. The van der Waals surface area contributed by atoms with Gasteiger partial charge in [-0.05, 0) is 31.6 Å². The van der Waals surface area contributed by atoms with Crippen LogP contribution in [0.1, 0.15) is 25.7 Å². The van der Waals surface area contributed by atoms with Gasteiger partial charge >= 0.3 is 0 Å². The number of hydrogen-bond acceptors (Lipinski definition) is 8. The summed E-state index contributed by atoms with van der Waals surface area (Å²) >= 11 is 0. The van der Waals surface area contributed by atoms with Crippen LogP contribution in [0.25, 0.3) is 22.0 Å². The van der Waals surface area contributed by atoms with Crippen molar-refractivity contribution < 1.29 is 0 Å². The number of aryl methyl sites for hydroxylation is 1. The number of pyridine rings is 1. The summed E-state index contributed by atoms with van der Waals surface area (Å²) in [6.45, 7) is 2.08. The first kappa shape index (κ1) is 18.0. The van der Waals surface area contributed by atoms with E-state index >= 15 is 0 Å². The van der Waals surface area contributed by atoms with Crippen molar-refractivity contribution in [2.45, 2.75) is 31.7 Å². The molecular weight excluding hydrogens is 368 g/mol. The van der Waals surface area contributed by atoms with Gasteiger partial charge in [-0.15, -0.1) is 0 Å². The van der Waals surface area contributed by atoms with Crippen LogP contribution < -0.4 is 10.2 Å². The number of hydrogen-bond donors (Lipinski definition) is 1. The third-order valence-electron chi connectivity index (χ3n) is 5.77. The van der Waals surface area contributed by atoms with E-state index in [4.69, 9.17) is 4.98 Å². The van der Waals surface area contributed by atoms with Crippen molar-refractivity contribution >= 4 is 22.7 Å². The lowest BCUT2D eigenvalue weighted by Crippen LogP contribution is -2.35. The molecule has 0 atom stereocenters. The summed E-state index contributed by atoms with van der Waals surface area (Å²) in [7, 11) is 1.90. The topological polar surface area (TPSA) is 101 Å². The Kier molecular flexibility index (Phi) is 4.57. The number of fused-ring (bicyclic) bond motifs is 1. The number of rotatable bonds is 6. The van der Waals surface area contributed by atoms with Gasteiger partial charge in [-0.3, -0.25) is 4.68 Å². The molecule has 0 amide bonds. The van der Waals surface area contributed by atoms with Crippen LogP contribution in [0.3, 0.4) is 0 Å². The Hall–Kier alpha value is -3.10. The molecule has 0 bridgehead atoms. The molecule has 29 heavy (non-hydrogen) atoms. The van der Waals surface area contributed by atoms with Gasteiger partial charge in [0.2, 0.25) is 5.95 Å². The fourth-order valence-electron chi connectivity index (χ4n) is 3.89. The molecule has 0 aromatic carbocycles. The number of nitrogens with zero attached hydrogens (tertiary/aromatic N) is 7. The smallest absolute Gasteiger partial charge is 0.225 e. The molecule has 9 nitrogen and oxygen atoms in total. The van der Waals surface area contributed by atoms with Crippen LogP contribution in [-0.2, 0) is 7.05 Å². The average molecular weight is 392 g/mol. The zero-order valence-corrected chi connectivity index (χ0v) is 16.5. The zero-order chi connectivity index (χ0) is 19.8. The normalized spacial score (nSPS) is 17.6. The summed E-state index contributed by atoms with van der Waals surface area (Å²) in [6, 6.07) is 0.500. The van der Waals surface area contributed by atoms with Gasteiger partial charge in [-0.2, -0.15) is 10.0 Å². The summed E-state index contributed by atoms with van der Waals surface area (Å²) in [5.41, 5.74) is 2.83. The van der Waals surface area contributed by atoms with Gasteiger partial charge in [0.05, 0.1) is 23.6 Å². The predicted molar refractivity (Wildman–Crippen MR) is 112 cm³/mol. The Balaban J connectivity index is 1.52. The molecule has 9 heteroatoms. The van der Waals surface area contributed by atoms with Gasteiger partial charge in [0, 0.05) is 55.9 Å². The molecule has 3 aromatic heterocycles. The molecular formula is C20H24N8O. The number of anilines is 2. The fraction of sp³-hybridized carbons (Fsp3) is 0.500. The maximum Gasteiger partial charge on any atom is 0.225 e. The maximum absolute atomic E-state index is 10.6. The Labute approximate surface area is 168 Å². The van der Waals surface area contributed by atoms with E-state index in [2.05, 4.69) is 30.5 Å². The summed E-state index contributed by atoms with van der Waals surface area (Å²) in [4.78, 5) is 27.0. The molecule has 5 rings (SSSR count). The van der Waals surface area contributed by atoms with Crippen LogP contribution in [0.4, 0.5) is 11.8 Å². The minimum absolute atomic E-state index is 0.369. The van der Waals surface area contributed by atoms with Crippen molar-refractivity contribution in [2.24, 2.45) is 18.1 Å². The molecule has 1 aliphatic heterocycles. The second-order valence-corrected chi connectivity index (χ2v) is 8.02. The SMILES string of the molecule is Cn1cc(-c2cnc(NC3CC3)c3cnc(N4CCC(CN=O)CC4)nc23)cn1. The first-order valence-electron chi connectivity index (χ1n) is 10.2. The Morgan fingerprint density at radius 2 is 1.97 bits per heavy atom. The van der Waals surface area contributed by atoms with Gasteiger partial charge < -0.3 is 10.2 Å². The van der Waals surface area contributed by atoms with Crippen LogP contribution in [0.2, 0.25) is 0 Å². The summed E-state index contributed by atoms with van der Waals surface area (Å²) in [5.74, 6) is 1.94. The van der Waals surface area contributed by atoms with E-state index in [0.717, 1.165) is 59.7 Å². The molecule has 1 saturated carbocycles. The minimum atomic E-state index is 0.369. The maximum atomic E-state index is 10.6. The van der Waals surface area contributed by atoms with Crippen LogP contribution >= 0.6 is 0 Å². The van der Waals surface area contributed by atoms with Gasteiger partial charge in [-0.25, -0.2) is 15.0 Å². The molecule has 150 valence electrons. The van der Waals surface area contributed by atoms with Crippen molar-refractivity contribution in [2.75, 3.05) is 29.9 Å². The lowest BCUT2D eigenvalue weighted by Gasteiger charge is -2.31. The first-order valence-corrected chi connectivity index (χ1v) is 10.2. The van der Waals surface area contributed by atoms with E-state index in [-0.39, 0.29) is 0 Å². The highest BCUT2D eigenvalue weighted by Crippen LogP contribution is 2.34. The average Bonchev–Trinajstić information content (AvgIpc) is 3.46. The fourth-order valence-corrected chi connectivity index (χ4v) is 3.89. The monoisotopic (exact) mass is 392 g/mol. The van der Waals surface area contributed by atoms with E-state index in [1.807, 2.05) is 31.8 Å². The summed E-state index contributed by atoms with van der Waals surface area (Å²) in [5, 5.41) is 11.8. The van der Waals surface area contributed by atoms with E-state index in [0.29, 0.717) is 18.5 Å². The van der Waals surface area contributed by atoms with Crippen LogP contribution in [0.15, 0.2) is 30.0 Å². The van der Waals surface area contributed by atoms with Crippen LogP contribution in [0, 0.1) is 10.8 Å². The molecule has 0 spiro atoms. The van der Waals surface area contributed by atoms with E-state index in [1.54, 1.807) is 4.68 Å². The Morgan fingerprint density at radius 3 is 2.66 bits per heavy atom. The second kappa shape index (κ2) is 7.38. The minimum Gasteiger partial charge on any atom is -0.367 e. The van der Waals surface area contributed by atoms with E-state index in [1.165, 1.54) is 12.8 Å². The summed E-state index contributed by atoms with van der Waals surface area (Å²) < 4.78 is 1.78. The van der Waals surface area contributed by atoms with Crippen molar-refractivity contribution in [1.82, 2.24) is 24.7 Å². The van der Waals surface area contributed by atoms with Crippen LogP contribution in [0.5, 0.6) is 0 Å². The number of piperidine rings is 1. The van der Waals surface area contributed by atoms with Gasteiger partial charge in [0.1, 0.15) is 5.82 Å². The lowest BCUT2D eigenvalue weighted by atomic mass is 9.97. The number of nitrogens with one attached hydrogen (secondary N) is 1. The number of nitroso groups, excluding NO2 is 1. The first-order chi connectivity index (χ1) is 14.2. The van der Waals surface area contributed by atoms with Gasteiger partial charge in [0.15, 0.2) is 0 Å². The van der Waals surface area contributed by atoms with Crippen molar-refractivity contribution in [3.05, 3.63) is 29.7 Å². The van der Waals surface area contributed by atoms with E-state index in [9.17, 15) is 4.91 Å². The zero-order valence-electron chi connectivity index (χ0n) is 16.5. The van der Waals surface area contributed by atoms with Crippen molar-refractivity contribution in [1.29, 1.82) is 0 Å². The van der Waals surface area contributed by atoms with Crippen LogP contribution in [-0.4, -0.2) is 50.4 Å². The Morgan fingerprint density at radius 1 is 1.14 bits per heavy atom. The number of aromatic nitrogens is 5. The molecule has 1 saturated heterocycles. The highest BCUT2D eigenvalue weighted by molar-refractivity contribution is 5.99. The molecule has 3 aromatic rings. The largest absolute Gasteiger partial charge is 0.367 e. The highest BCUT2D eigenvalue weighted by atomic mass is 16.3. The summed E-state index contributed by atoms with van der Waals surface area (Å²) in [6.07, 6.45) is 11.8. The molecule has 4 heterocycles. The quantitative estimate of drug-likeness (QED) is 0.644. The Bertz CT molecular complexity index is 1040. The van der Waals surface area contributed by atoms with Gasteiger partial charge in [0.25, 0.3) is 0 Å². The predicted octanol–water partition coefficient (Wildman–Crippen LogP) is 2.98. The highest BCUT2D eigenvalue weighted by Gasteiger charge is 2.25. The van der Waals surface area contributed by atoms with Crippen molar-refractivity contribution in [3.63, 3.8) is 0 Å². The molecule has 0 unspecified atom stereocenters. The second-order valence-electron chi connectivity index (χ2n) is 8.02. The molecule has 2 aliphatic rings. The molecule has 1 aliphatic carbocycles.